The van der Waals surface area contributed by atoms with E-state index in [1.54, 1.807) is 20.8 Å². The molecule has 8 heteroatoms. The summed E-state index contributed by atoms with van der Waals surface area (Å²) in [6.45, 7) is 4.95. The van der Waals surface area contributed by atoms with Crippen LogP contribution in [0.1, 0.15) is 32.3 Å². The highest BCUT2D eigenvalue weighted by molar-refractivity contribution is 7.91. The molecule has 1 aliphatic rings. The van der Waals surface area contributed by atoms with Gasteiger partial charge in [0.05, 0.1) is 0 Å². The summed E-state index contributed by atoms with van der Waals surface area (Å²) in [5.41, 5.74) is -1.96. The van der Waals surface area contributed by atoms with E-state index in [1.807, 2.05) is 0 Å². The minimum absolute atomic E-state index is 0.413. The smallest absolute Gasteiger partial charge is 0.408 e. The van der Waals surface area contributed by atoms with E-state index in [0.29, 0.717) is 11.8 Å². The lowest BCUT2D eigenvalue weighted by molar-refractivity contribution is -0.110. The molecule has 0 radical (unpaired) electrons. The van der Waals surface area contributed by atoms with Gasteiger partial charge in [0.25, 0.3) is 0 Å². The van der Waals surface area contributed by atoms with Crippen molar-refractivity contribution in [3.05, 3.63) is 35.6 Å². The Balaban J connectivity index is 2.36. The number of hydrogen-bond donors (Lipinski definition) is 1. The minimum atomic E-state index is -3.64. The maximum Gasteiger partial charge on any atom is 0.408 e. The highest BCUT2D eigenvalue weighted by atomic mass is 32.2. The van der Waals surface area contributed by atoms with Crippen LogP contribution in [0.15, 0.2) is 24.3 Å². The second-order valence-electron chi connectivity index (χ2n) is 6.96. The lowest BCUT2D eigenvalue weighted by atomic mass is 10.1. The van der Waals surface area contributed by atoms with Crippen LogP contribution in [0.25, 0.3) is 0 Å². The van der Waals surface area contributed by atoms with Crippen molar-refractivity contribution in [1.82, 2.24) is 5.32 Å². The van der Waals surface area contributed by atoms with Gasteiger partial charge in [-0.25, -0.2) is 17.6 Å². The van der Waals surface area contributed by atoms with Gasteiger partial charge >= 0.3 is 6.09 Å². The molecule has 3 atom stereocenters. The number of alkyl carbamates (subject to hydrolysis) is 1. The van der Waals surface area contributed by atoms with E-state index in [0.717, 1.165) is 6.26 Å². The van der Waals surface area contributed by atoms with Crippen molar-refractivity contribution < 1.29 is 27.1 Å². The summed E-state index contributed by atoms with van der Waals surface area (Å²) < 4.78 is 42.3. The molecular weight excluding hydrogens is 337 g/mol. The molecule has 0 saturated heterocycles. The summed E-state index contributed by atoms with van der Waals surface area (Å²) in [6.07, 6.45) is 0.528. The first-order valence-corrected chi connectivity index (χ1v) is 9.28. The molecule has 1 aromatic carbocycles. The second kappa shape index (κ2) is 5.84. The van der Waals surface area contributed by atoms with Crippen molar-refractivity contribution in [1.29, 1.82) is 0 Å². The van der Waals surface area contributed by atoms with E-state index in [2.05, 4.69) is 5.32 Å². The van der Waals surface area contributed by atoms with Crippen molar-refractivity contribution in [3.63, 3.8) is 0 Å². The van der Waals surface area contributed by atoms with Crippen molar-refractivity contribution in [3.8, 4) is 0 Å². The molecule has 1 saturated carbocycles. The Hall–Kier alpha value is -1.96. The molecule has 1 aliphatic carbocycles. The number of carbonyl (C=O) groups excluding carboxylic acids is 2. The summed E-state index contributed by atoms with van der Waals surface area (Å²) in [4.78, 5) is 23.7. The van der Waals surface area contributed by atoms with Crippen LogP contribution >= 0.6 is 0 Å². The van der Waals surface area contributed by atoms with Crippen molar-refractivity contribution >= 4 is 22.2 Å². The van der Waals surface area contributed by atoms with E-state index in [9.17, 15) is 22.4 Å². The van der Waals surface area contributed by atoms with Gasteiger partial charge in [-0.1, -0.05) is 12.1 Å². The minimum Gasteiger partial charge on any atom is -0.444 e. The fourth-order valence-electron chi connectivity index (χ4n) is 2.90. The number of aldehydes is 1. The van der Waals surface area contributed by atoms with Crippen LogP contribution in [0.2, 0.25) is 0 Å². The molecule has 0 heterocycles. The Morgan fingerprint density at radius 1 is 1.29 bits per heavy atom. The first-order valence-electron chi connectivity index (χ1n) is 7.32. The Morgan fingerprint density at radius 3 is 2.25 bits per heavy atom. The van der Waals surface area contributed by atoms with Gasteiger partial charge < -0.3 is 14.8 Å². The quantitative estimate of drug-likeness (QED) is 0.830. The van der Waals surface area contributed by atoms with E-state index in [4.69, 9.17) is 4.74 Å². The van der Waals surface area contributed by atoms with Crippen molar-refractivity contribution in [2.24, 2.45) is 0 Å². The summed E-state index contributed by atoms with van der Waals surface area (Å²) in [6, 6.07) is 5.16. The molecule has 1 amide bonds. The third-order valence-corrected chi connectivity index (χ3v) is 5.37. The first kappa shape index (κ1) is 18.4. The number of amides is 1. The van der Waals surface area contributed by atoms with Crippen LogP contribution in [-0.2, 0) is 19.4 Å². The third-order valence-electron chi connectivity index (χ3n) is 3.78. The summed E-state index contributed by atoms with van der Waals surface area (Å²) >= 11 is 0. The third kappa shape index (κ3) is 3.58. The second-order valence-corrected chi connectivity index (χ2v) is 9.12. The zero-order valence-electron chi connectivity index (χ0n) is 13.9. The molecular formula is C16H20FNO5S. The fraction of sp³-hybridized carbons (Fsp3) is 0.500. The van der Waals surface area contributed by atoms with E-state index in [-0.39, 0.29) is 0 Å². The molecule has 0 aliphatic heterocycles. The molecule has 6 nitrogen and oxygen atoms in total. The molecule has 1 N–H and O–H groups in total. The van der Waals surface area contributed by atoms with E-state index < -0.39 is 44.1 Å². The van der Waals surface area contributed by atoms with E-state index >= 15 is 0 Å². The number of benzene rings is 1. The molecule has 0 aromatic heterocycles. The highest BCUT2D eigenvalue weighted by Crippen LogP contribution is 2.54. The van der Waals surface area contributed by atoms with Crippen LogP contribution in [-0.4, -0.2) is 43.4 Å². The van der Waals surface area contributed by atoms with Crippen LogP contribution < -0.4 is 5.32 Å². The van der Waals surface area contributed by atoms with Crippen molar-refractivity contribution in [2.45, 2.75) is 43.1 Å². The zero-order chi connectivity index (χ0) is 18.3. The average Bonchev–Trinajstić information content (AvgIpc) is 3.06. The largest absolute Gasteiger partial charge is 0.444 e. The molecule has 1 fully saturated rings. The maximum absolute atomic E-state index is 13.1. The van der Waals surface area contributed by atoms with Gasteiger partial charge in [-0.15, -0.1) is 0 Å². The molecule has 132 valence electrons. The molecule has 24 heavy (non-hydrogen) atoms. The maximum atomic E-state index is 13.1. The number of sulfone groups is 1. The number of nitrogens with one attached hydrogen (secondary N) is 1. The van der Waals surface area contributed by atoms with Gasteiger partial charge in [0.2, 0.25) is 0 Å². The van der Waals surface area contributed by atoms with Gasteiger partial charge in [-0.2, -0.15) is 0 Å². The number of ether oxygens (including phenoxy) is 1. The topological polar surface area (TPSA) is 89.5 Å². The lowest BCUT2D eigenvalue weighted by Crippen LogP contribution is -2.45. The molecule has 2 rings (SSSR count). The fourth-order valence-corrected chi connectivity index (χ4v) is 4.66. The summed E-state index contributed by atoms with van der Waals surface area (Å²) in [7, 11) is -3.64. The SMILES string of the molecule is CC(C)(C)OC(=O)N[C@]1(C=O)[C@@H](c2ccc(F)cc2)[C@@H]1S(C)(=O)=O. The summed E-state index contributed by atoms with van der Waals surface area (Å²) in [5.74, 6) is -1.27. The van der Waals surface area contributed by atoms with Gasteiger partial charge in [0.15, 0.2) is 9.84 Å². The Morgan fingerprint density at radius 2 is 1.83 bits per heavy atom. The standard InChI is InChI=1S/C16H20FNO5S/c1-15(2,3)23-14(20)18-16(9-19)12(13(16)24(4,21)22)10-5-7-11(17)8-6-10/h5-9,12-13H,1-4H3,(H,18,20)/t12-,13-,16+/m0/s1. The molecule has 1 aromatic rings. The molecule has 0 bridgehead atoms. The van der Waals surface area contributed by atoms with Gasteiger partial charge in [0.1, 0.15) is 28.5 Å². The van der Waals surface area contributed by atoms with Gasteiger partial charge in [-0.3, -0.25) is 0 Å². The van der Waals surface area contributed by atoms with E-state index in [1.165, 1.54) is 24.3 Å². The van der Waals surface area contributed by atoms with Gasteiger partial charge in [-0.05, 0) is 38.5 Å². The lowest BCUT2D eigenvalue weighted by Gasteiger charge is -2.22. The van der Waals surface area contributed by atoms with Crippen LogP contribution in [0, 0.1) is 5.82 Å². The predicted octanol–water partition coefficient (Wildman–Crippen LogP) is 1.80. The highest BCUT2D eigenvalue weighted by Gasteiger charge is 2.71. The Labute approximate surface area is 140 Å². The number of halogens is 1. The Bertz CT molecular complexity index is 754. The van der Waals surface area contributed by atoms with Crippen LogP contribution in [0.3, 0.4) is 0 Å². The molecule has 0 spiro atoms. The number of rotatable bonds is 4. The van der Waals surface area contributed by atoms with Crippen LogP contribution in [0.4, 0.5) is 9.18 Å². The predicted molar refractivity (Wildman–Crippen MR) is 85.9 cm³/mol. The first-order chi connectivity index (χ1) is 10.9. The van der Waals surface area contributed by atoms with Crippen LogP contribution in [0.5, 0.6) is 0 Å². The monoisotopic (exact) mass is 357 g/mol. The normalized spacial score (nSPS) is 26.5. The van der Waals surface area contributed by atoms with Crippen molar-refractivity contribution in [2.75, 3.05) is 6.26 Å². The number of carbonyl (C=O) groups is 2. The average molecular weight is 357 g/mol. The van der Waals surface area contributed by atoms with Gasteiger partial charge in [0, 0.05) is 12.2 Å². The number of hydrogen-bond acceptors (Lipinski definition) is 5. The summed E-state index contributed by atoms with van der Waals surface area (Å²) in [5, 5.41) is 1.27. The zero-order valence-corrected chi connectivity index (χ0v) is 14.7. The Kier molecular flexibility index (Phi) is 4.47. The molecule has 0 unspecified atom stereocenters.